The summed E-state index contributed by atoms with van der Waals surface area (Å²) in [6.45, 7) is 4.43. The van der Waals surface area contributed by atoms with Gasteiger partial charge in [0.1, 0.15) is 5.75 Å². The van der Waals surface area contributed by atoms with Gasteiger partial charge in [-0.1, -0.05) is 43.9 Å². The van der Waals surface area contributed by atoms with E-state index in [9.17, 15) is 0 Å². The Kier molecular flexibility index (Phi) is 5.47. The first-order valence-corrected chi connectivity index (χ1v) is 8.03. The molecule has 2 N–H and O–H groups in total. The standard InChI is InChI=1S/C18H29NO/c1-4-14-6-5-7-15(11-14)17(19)12-16-10-13(2)8-9-18(16)20-3/h8-10,14-15,17H,4-7,11-12,19H2,1-3H3. The smallest absolute Gasteiger partial charge is 0.122 e. The minimum Gasteiger partial charge on any atom is -0.496 e. The van der Waals surface area contributed by atoms with Crippen LogP contribution in [0.15, 0.2) is 18.2 Å². The van der Waals surface area contributed by atoms with Crippen LogP contribution in [0.3, 0.4) is 0 Å². The van der Waals surface area contributed by atoms with Crippen molar-refractivity contribution in [3.63, 3.8) is 0 Å². The molecule has 1 aromatic rings. The van der Waals surface area contributed by atoms with Crippen LogP contribution in [0, 0.1) is 18.8 Å². The molecule has 20 heavy (non-hydrogen) atoms. The normalized spacial score (nSPS) is 24.4. The fraction of sp³-hybridized carbons (Fsp3) is 0.667. The van der Waals surface area contributed by atoms with Gasteiger partial charge in [0.15, 0.2) is 0 Å². The van der Waals surface area contributed by atoms with Crippen LogP contribution in [0.2, 0.25) is 0 Å². The molecule has 0 aromatic heterocycles. The lowest BCUT2D eigenvalue weighted by Gasteiger charge is -2.32. The quantitative estimate of drug-likeness (QED) is 0.878. The lowest BCUT2D eigenvalue weighted by atomic mass is 9.76. The van der Waals surface area contributed by atoms with Crippen molar-refractivity contribution < 1.29 is 4.74 Å². The van der Waals surface area contributed by atoms with Gasteiger partial charge in [-0.15, -0.1) is 0 Å². The fourth-order valence-electron chi connectivity index (χ4n) is 3.58. The molecule has 1 fully saturated rings. The Balaban J connectivity index is 2.03. The van der Waals surface area contributed by atoms with Gasteiger partial charge in [-0.2, -0.15) is 0 Å². The molecule has 112 valence electrons. The van der Waals surface area contributed by atoms with Crippen LogP contribution in [-0.4, -0.2) is 13.2 Å². The van der Waals surface area contributed by atoms with E-state index in [0.717, 1.165) is 18.1 Å². The van der Waals surface area contributed by atoms with Gasteiger partial charge in [0, 0.05) is 6.04 Å². The zero-order valence-corrected chi connectivity index (χ0v) is 13.2. The van der Waals surface area contributed by atoms with E-state index in [1.807, 2.05) is 0 Å². The summed E-state index contributed by atoms with van der Waals surface area (Å²) < 4.78 is 5.48. The monoisotopic (exact) mass is 275 g/mol. The summed E-state index contributed by atoms with van der Waals surface area (Å²) in [6.07, 6.45) is 7.59. The third-order valence-corrected chi connectivity index (χ3v) is 4.90. The molecule has 0 heterocycles. The number of rotatable bonds is 5. The van der Waals surface area contributed by atoms with Crippen molar-refractivity contribution in [3.8, 4) is 5.75 Å². The molecule has 0 bridgehead atoms. The molecule has 1 aromatic carbocycles. The highest BCUT2D eigenvalue weighted by Crippen LogP contribution is 2.34. The van der Waals surface area contributed by atoms with Crippen molar-refractivity contribution in [1.29, 1.82) is 0 Å². The summed E-state index contributed by atoms with van der Waals surface area (Å²) in [5.41, 5.74) is 9.06. The number of nitrogens with two attached hydrogens (primary N) is 1. The average molecular weight is 275 g/mol. The Labute approximate surface area is 123 Å². The summed E-state index contributed by atoms with van der Waals surface area (Å²) in [6, 6.07) is 6.65. The van der Waals surface area contributed by atoms with Crippen molar-refractivity contribution in [3.05, 3.63) is 29.3 Å². The molecular weight excluding hydrogens is 246 g/mol. The van der Waals surface area contributed by atoms with Crippen molar-refractivity contribution in [2.45, 2.75) is 58.4 Å². The van der Waals surface area contributed by atoms with E-state index < -0.39 is 0 Å². The predicted molar refractivity (Wildman–Crippen MR) is 85.1 cm³/mol. The van der Waals surface area contributed by atoms with Crippen LogP contribution in [0.1, 0.15) is 50.2 Å². The van der Waals surface area contributed by atoms with Gasteiger partial charge < -0.3 is 10.5 Å². The van der Waals surface area contributed by atoms with Gasteiger partial charge in [-0.25, -0.2) is 0 Å². The number of hydrogen-bond donors (Lipinski definition) is 1. The van der Waals surface area contributed by atoms with Crippen molar-refractivity contribution in [1.82, 2.24) is 0 Å². The molecule has 2 heteroatoms. The molecule has 1 saturated carbocycles. The van der Waals surface area contributed by atoms with Crippen LogP contribution in [-0.2, 0) is 6.42 Å². The van der Waals surface area contributed by atoms with Crippen LogP contribution in [0.5, 0.6) is 5.75 Å². The third kappa shape index (κ3) is 3.76. The molecule has 3 atom stereocenters. The van der Waals surface area contributed by atoms with E-state index in [0.29, 0.717) is 5.92 Å². The predicted octanol–water partition coefficient (Wildman–Crippen LogP) is 4.09. The Morgan fingerprint density at radius 1 is 1.35 bits per heavy atom. The first-order chi connectivity index (χ1) is 9.63. The van der Waals surface area contributed by atoms with Gasteiger partial charge in [-0.05, 0) is 49.7 Å². The molecule has 0 saturated heterocycles. The van der Waals surface area contributed by atoms with Crippen molar-refractivity contribution in [2.75, 3.05) is 7.11 Å². The van der Waals surface area contributed by atoms with Crippen LogP contribution >= 0.6 is 0 Å². The molecule has 0 aliphatic heterocycles. The van der Waals surface area contributed by atoms with Crippen molar-refractivity contribution in [2.24, 2.45) is 17.6 Å². The zero-order valence-electron chi connectivity index (χ0n) is 13.2. The molecule has 1 aliphatic carbocycles. The first kappa shape index (κ1) is 15.4. The van der Waals surface area contributed by atoms with Gasteiger partial charge in [0.05, 0.1) is 7.11 Å². The number of methoxy groups -OCH3 is 1. The summed E-state index contributed by atoms with van der Waals surface area (Å²) >= 11 is 0. The number of hydrogen-bond acceptors (Lipinski definition) is 2. The molecular formula is C18H29NO. The van der Waals surface area contributed by atoms with Crippen LogP contribution in [0.4, 0.5) is 0 Å². The maximum atomic E-state index is 6.52. The molecule has 0 radical (unpaired) electrons. The van der Waals surface area contributed by atoms with Crippen molar-refractivity contribution >= 4 is 0 Å². The second-order valence-electron chi connectivity index (χ2n) is 6.38. The molecule has 2 rings (SSSR count). The lowest BCUT2D eigenvalue weighted by Crippen LogP contribution is -2.35. The minimum atomic E-state index is 0.264. The van der Waals surface area contributed by atoms with Gasteiger partial charge in [0.25, 0.3) is 0 Å². The molecule has 1 aliphatic rings. The largest absolute Gasteiger partial charge is 0.496 e. The van der Waals surface area contributed by atoms with E-state index >= 15 is 0 Å². The Morgan fingerprint density at radius 3 is 2.85 bits per heavy atom. The highest BCUT2D eigenvalue weighted by Gasteiger charge is 2.26. The zero-order chi connectivity index (χ0) is 14.5. The maximum Gasteiger partial charge on any atom is 0.122 e. The second kappa shape index (κ2) is 7.12. The Morgan fingerprint density at radius 2 is 2.15 bits per heavy atom. The Hall–Kier alpha value is -1.02. The first-order valence-electron chi connectivity index (χ1n) is 8.03. The number of aryl methyl sites for hydroxylation is 1. The number of ether oxygens (including phenoxy) is 1. The molecule has 3 unspecified atom stereocenters. The topological polar surface area (TPSA) is 35.2 Å². The Bertz CT molecular complexity index is 429. The molecule has 2 nitrogen and oxygen atoms in total. The summed E-state index contributed by atoms with van der Waals surface area (Å²) in [5, 5.41) is 0. The van der Waals surface area contributed by atoms with Gasteiger partial charge in [0.2, 0.25) is 0 Å². The van der Waals surface area contributed by atoms with Crippen LogP contribution in [0.25, 0.3) is 0 Å². The van der Waals surface area contributed by atoms with E-state index in [1.54, 1.807) is 7.11 Å². The molecule has 0 amide bonds. The van der Waals surface area contributed by atoms with Crippen LogP contribution < -0.4 is 10.5 Å². The second-order valence-corrected chi connectivity index (χ2v) is 6.38. The van der Waals surface area contributed by atoms with Gasteiger partial charge in [-0.3, -0.25) is 0 Å². The molecule has 0 spiro atoms. The lowest BCUT2D eigenvalue weighted by molar-refractivity contribution is 0.228. The summed E-state index contributed by atoms with van der Waals surface area (Å²) in [7, 11) is 1.74. The summed E-state index contributed by atoms with van der Waals surface area (Å²) in [5.74, 6) is 2.55. The van der Waals surface area contributed by atoms with E-state index in [4.69, 9.17) is 10.5 Å². The fourth-order valence-corrected chi connectivity index (χ4v) is 3.58. The SMILES string of the molecule is CCC1CCCC(C(N)Cc2cc(C)ccc2OC)C1. The highest BCUT2D eigenvalue weighted by atomic mass is 16.5. The minimum absolute atomic E-state index is 0.264. The van der Waals surface area contributed by atoms with E-state index in [-0.39, 0.29) is 6.04 Å². The van der Waals surface area contributed by atoms with Gasteiger partial charge >= 0.3 is 0 Å². The number of benzene rings is 1. The van der Waals surface area contributed by atoms with E-state index in [1.165, 1.54) is 43.2 Å². The summed E-state index contributed by atoms with van der Waals surface area (Å²) in [4.78, 5) is 0. The highest BCUT2D eigenvalue weighted by molar-refractivity contribution is 5.37. The van der Waals surface area contributed by atoms with E-state index in [2.05, 4.69) is 32.0 Å². The third-order valence-electron chi connectivity index (χ3n) is 4.90. The average Bonchev–Trinajstić information content (AvgIpc) is 2.47. The maximum absolute atomic E-state index is 6.52.